The Bertz CT molecular complexity index is 364. The van der Waals surface area contributed by atoms with Gasteiger partial charge in [0.25, 0.3) is 0 Å². The van der Waals surface area contributed by atoms with Gasteiger partial charge >= 0.3 is 5.97 Å². The molecule has 1 aliphatic rings. The lowest BCUT2D eigenvalue weighted by molar-refractivity contribution is -0.131. The zero-order chi connectivity index (χ0) is 9.30. The molecular formula is C5H3BrO4S2. The van der Waals surface area contributed by atoms with Crippen LogP contribution < -0.4 is 0 Å². The smallest absolute Gasteiger partial charge is 0.343 e. The van der Waals surface area contributed by atoms with Crippen LogP contribution in [-0.2, 0) is 24.5 Å². The van der Waals surface area contributed by atoms with Crippen LogP contribution in [0, 0.1) is 0 Å². The predicted molar refractivity (Wildman–Crippen MR) is 49.8 cm³/mol. The van der Waals surface area contributed by atoms with Gasteiger partial charge in [-0.2, -0.15) is 0 Å². The average Bonchev–Trinajstić information content (AvgIpc) is 2.29. The van der Waals surface area contributed by atoms with Crippen LogP contribution in [0.1, 0.15) is 0 Å². The molecule has 0 radical (unpaired) electrons. The van der Waals surface area contributed by atoms with Gasteiger partial charge in [-0.1, -0.05) is 0 Å². The fourth-order valence-corrected chi connectivity index (χ4v) is 3.72. The van der Waals surface area contributed by atoms with E-state index in [-0.39, 0.29) is 24.7 Å². The summed E-state index contributed by atoms with van der Waals surface area (Å²) in [5.41, 5.74) is 0. The second-order valence-corrected chi connectivity index (χ2v) is 6.06. The maximum atomic E-state index is 10.5. The summed E-state index contributed by atoms with van der Waals surface area (Å²) in [6, 6.07) is 0. The molecule has 0 saturated carbocycles. The zero-order valence-corrected chi connectivity index (χ0v) is 8.70. The number of carboxylic acid groups (broad SMARTS) is 1. The molecule has 12 heavy (non-hydrogen) atoms. The molecule has 2 N–H and O–H groups in total. The highest BCUT2D eigenvalue weighted by atomic mass is 79.9. The van der Waals surface area contributed by atoms with E-state index in [0.29, 0.717) is 0 Å². The minimum Gasteiger partial charge on any atom is -0.506 e. The van der Waals surface area contributed by atoms with Gasteiger partial charge in [-0.05, 0) is 25.4 Å². The maximum absolute atomic E-state index is 10.5. The minimum absolute atomic E-state index is 0.0700. The molecule has 1 rings (SSSR count). The molecule has 0 fully saturated rings. The highest BCUT2D eigenvalue weighted by molar-refractivity contribution is 9.14. The van der Waals surface area contributed by atoms with Crippen molar-refractivity contribution < 1.29 is 19.2 Å². The van der Waals surface area contributed by atoms with Crippen molar-refractivity contribution in [1.82, 2.24) is 0 Å². The van der Waals surface area contributed by atoms with Gasteiger partial charge in [0, 0.05) is 6.08 Å². The number of carbonyl (C=O) groups is 1. The Hall–Kier alpha value is -0.400. The first-order valence-electron chi connectivity index (χ1n) is 2.66. The third kappa shape index (κ3) is 1.52. The molecule has 1 heterocycles. The highest BCUT2D eigenvalue weighted by Gasteiger charge is 2.24. The number of rotatable bonds is 1. The van der Waals surface area contributed by atoms with Crippen LogP contribution in [0.3, 0.4) is 0 Å². The van der Waals surface area contributed by atoms with E-state index in [4.69, 9.17) is 10.2 Å². The number of aliphatic hydroxyl groups excluding tert-OH is 1. The number of hydrogen-bond donors (Lipinski definition) is 2. The molecule has 0 spiro atoms. The summed E-state index contributed by atoms with van der Waals surface area (Å²) >= 11 is 2.94. The van der Waals surface area contributed by atoms with E-state index < -0.39 is 15.4 Å². The van der Waals surface area contributed by atoms with Gasteiger partial charge in [-0.3, -0.25) is 0 Å². The quantitative estimate of drug-likeness (QED) is 0.741. The first-order valence-corrected chi connectivity index (χ1v) is 5.94. The zero-order valence-electron chi connectivity index (χ0n) is 5.48. The predicted octanol–water partition coefficient (Wildman–Crippen LogP) is 0.837. The molecule has 1 aliphatic heterocycles. The molecular weight excluding hydrogens is 268 g/mol. The van der Waals surface area contributed by atoms with Gasteiger partial charge in [-0.15, -0.1) is 0 Å². The molecule has 1 unspecified atom stereocenters. The van der Waals surface area contributed by atoms with Crippen LogP contribution in [-0.4, -0.2) is 20.4 Å². The van der Waals surface area contributed by atoms with Crippen molar-refractivity contribution in [1.29, 1.82) is 0 Å². The molecule has 0 aromatic heterocycles. The number of hydrogen-bond acceptors (Lipinski definition) is 3. The lowest BCUT2D eigenvalue weighted by atomic mass is 10.4. The summed E-state index contributed by atoms with van der Waals surface area (Å²) in [7, 11) is -0.963. The van der Waals surface area contributed by atoms with E-state index in [9.17, 15) is 9.00 Å². The Balaban J connectivity index is 3.24. The molecule has 0 aromatic carbocycles. The summed E-state index contributed by atoms with van der Waals surface area (Å²) in [5, 5.41) is 17.6. The molecule has 0 saturated heterocycles. The SMILES string of the molecule is O=S=S1C(C(=O)O)=CC(O)=C1Br. The molecule has 7 heteroatoms. The van der Waals surface area contributed by atoms with Crippen molar-refractivity contribution in [2.45, 2.75) is 0 Å². The molecule has 1 atom stereocenters. The molecule has 0 amide bonds. The number of aliphatic carboxylic acids is 1. The molecule has 4 nitrogen and oxygen atoms in total. The van der Waals surface area contributed by atoms with Gasteiger partial charge in [0.1, 0.15) is 24.7 Å². The normalized spacial score (nSPS) is 22.4. The van der Waals surface area contributed by atoms with Crippen molar-refractivity contribution in [2.24, 2.45) is 0 Å². The van der Waals surface area contributed by atoms with Crippen LogP contribution >= 0.6 is 15.9 Å². The van der Waals surface area contributed by atoms with E-state index in [2.05, 4.69) is 15.9 Å². The maximum Gasteiger partial charge on any atom is 0.343 e. The second kappa shape index (κ2) is 3.55. The number of halogens is 1. The van der Waals surface area contributed by atoms with Crippen LogP contribution in [0.25, 0.3) is 0 Å². The van der Waals surface area contributed by atoms with E-state index in [1.165, 1.54) is 0 Å². The molecule has 66 valence electrons. The van der Waals surface area contributed by atoms with Gasteiger partial charge < -0.3 is 10.2 Å². The van der Waals surface area contributed by atoms with Crippen molar-refractivity contribution in [3.63, 3.8) is 0 Å². The van der Waals surface area contributed by atoms with Crippen molar-refractivity contribution >= 4 is 41.6 Å². The van der Waals surface area contributed by atoms with Gasteiger partial charge in [0.05, 0.1) is 0 Å². The topological polar surface area (TPSA) is 74.6 Å². The Morgan fingerprint density at radius 3 is 2.58 bits per heavy atom. The van der Waals surface area contributed by atoms with Crippen molar-refractivity contribution in [3.8, 4) is 0 Å². The van der Waals surface area contributed by atoms with Crippen molar-refractivity contribution in [3.05, 3.63) is 20.6 Å². The Morgan fingerprint density at radius 1 is 1.67 bits per heavy atom. The first-order chi connectivity index (χ1) is 5.57. The van der Waals surface area contributed by atoms with Crippen molar-refractivity contribution in [2.75, 3.05) is 0 Å². The summed E-state index contributed by atoms with van der Waals surface area (Å²) < 4.78 is 10.7. The largest absolute Gasteiger partial charge is 0.506 e. The minimum atomic E-state index is -1.18. The van der Waals surface area contributed by atoms with Crippen LogP contribution in [0.15, 0.2) is 20.6 Å². The van der Waals surface area contributed by atoms with E-state index in [1.807, 2.05) is 0 Å². The number of aliphatic hydroxyl groups is 1. The van der Waals surface area contributed by atoms with Gasteiger partial charge in [0.2, 0.25) is 0 Å². The van der Waals surface area contributed by atoms with E-state index in [1.54, 1.807) is 0 Å². The average molecular weight is 271 g/mol. The summed E-state index contributed by atoms with van der Waals surface area (Å²) in [6.45, 7) is 0. The molecule has 0 aliphatic carbocycles. The van der Waals surface area contributed by atoms with E-state index in [0.717, 1.165) is 6.08 Å². The molecule has 0 aromatic rings. The second-order valence-electron chi connectivity index (χ2n) is 1.81. The summed E-state index contributed by atoms with van der Waals surface area (Å²) in [4.78, 5) is 10.4. The molecule has 0 bridgehead atoms. The number of carboxylic acids is 1. The van der Waals surface area contributed by atoms with Gasteiger partial charge in [-0.25, -0.2) is 9.00 Å². The van der Waals surface area contributed by atoms with Gasteiger partial charge in [0.15, 0.2) is 0 Å². The lowest BCUT2D eigenvalue weighted by Crippen LogP contribution is -2.02. The monoisotopic (exact) mass is 270 g/mol. The van der Waals surface area contributed by atoms with E-state index >= 15 is 0 Å². The standard InChI is InChI=1S/C5H3BrO4S2/c6-4-2(7)1-3(5(8)9)12(4)11-10/h1,7H,(H,8,9). The number of allylic oxidation sites excluding steroid dienone is 1. The summed E-state index contributed by atoms with van der Waals surface area (Å²) in [5.74, 6) is -1.36. The Labute approximate surface area is 81.4 Å². The Kier molecular flexibility index (Phi) is 2.86. The van der Waals surface area contributed by atoms with Crippen LogP contribution in [0.2, 0.25) is 0 Å². The third-order valence-electron chi connectivity index (χ3n) is 1.11. The fraction of sp³-hybridized carbons (Fsp3) is 0. The first kappa shape index (κ1) is 9.69. The van der Waals surface area contributed by atoms with Crippen LogP contribution in [0.4, 0.5) is 0 Å². The third-order valence-corrected chi connectivity index (χ3v) is 5.94. The Morgan fingerprint density at radius 2 is 2.25 bits per heavy atom. The van der Waals surface area contributed by atoms with Crippen LogP contribution in [0.5, 0.6) is 0 Å². The fourth-order valence-electron chi connectivity index (χ4n) is 0.634. The summed E-state index contributed by atoms with van der Waals surface area (Å²) in [6.07, 6.45) is 1.08. The highest BCUT2D eigenvalue weighted by Crippen LogP contribution is 2.29. The lowest BCUT2D eigenvalue weighted by Gasteiger charge is -1.94.